The Morgan fingerprint density at radius 3 is 2.44 bits per heavy atom. The zero-order valence-electron chi connectivity index (χ0n) is 14.4. The number of nitrogens with zero attached hydrogens (tertiary/aromatic N) is 3. The van der Waals surface area contributed by atoms with Gasteiger partial charge < -0.3 is 5.73 Å². The number of nitrogens with two attached hydrogens (primary N) is 1. The molecular formula is C19H21ClN4O. The first-order valence-electron chi connectivity index (χ1n) is 8.33. The minimum Gasteiger partial charge on any atom is -0.364 e. The molecular weight excluding hydrogens is 336 g/mol. The van der Waals surface area contributed by atoms with Gasteiger partial charge in [-0.3, -0.25) is 9.69 Å². The van der Waals surface area contributed by atoms with Gasteiger partial charge >= 0.3 is 0 Å². The second-order valence-electron chi connectivity index (χ2n) is 5.92. The molecule has 1 amide bonds. The fourth-order valence-electron chi connectivity index (χ4n) is 2.86. The third-order valence-electron chi connectivity index (χ3n) is 4.37. The van der Waals surface area contributed by atoms with Crippen molar-refractivity contribution in [3.05, 3.63) is 58.7 Å². The van der Waals surface area contributed by atoms with E-state index in [1.54, 1.807) is 6.07 Å². The summed E-state index contributed by atoms with van der Waals surface area (Å²) in [5.74, 6) is -0.555. The van der Waals surface area contributed by atoms with Gasteiger partial charge in [-0.2, -0.15) is 5.10 Å². The zero-order chi connectivity index (χ0) is 18.0. The molecule has 0 aliphatic rings. The van der Waals surface area contributed by atoms with E-state index in [9.17, 15) is 4.79 Å². The van der Waals surface area contributed by atoms with Crippen LogP contribution in [-0.4, -0.2) is 33.5 Å². The minimum absolute atomic E-state index is 0.278. The molecule has 2 heterocycles. The Balaban J connectivity index is 1.94. The number of rotatable bonds is 6. The van der Waals surface area contributed by atoms with Crippen LogP contribution in [0, 0.1) is 0 Å². The van der Waals surface area contributed by atoms with Crippen LogP contribution >= 0.6 is 11.6 Å². The maximum absolute atomic E-state index is 11.6. The number of aromatic nitrogens is 2. The molecule has 2 aromatic heterocycles. The molecule has 5 nitrogen and oxygen atoms in total. The minimum atomic E-state index is -0.555. The van der Waals surface area contributed by atoms with Gasteiger partial charge in [-0.15, -0.1) is 0 Å². The monoisotopic (exact) mass is 356 g/mol. The molecule has 0 spiro atoms. The molecule has 0 aliphatic carbocycles. The van der Waals surface area contributed by atoms with E-state index in [0.29, 0.717) is 10.5 Å². The van der Waals surface area contributed by atoms with Crippen LogP contribution in [0.2, 0.25) is 5.02 Å². The molecule has 0 atom stereocenters. The van der Waals surface area contributed by atoms with E-state index in [2.05, 4.69) is 36.0 Å². The largest absolute Gasteiger partial charge is 0.364 e. The van der Waals surface area contributed by atoms with Crippen LogP contribution in [0.4, 0.5) is 0 Å². The Labute approximate surface area is 152 Å². The molecule has 1 aromatic carbocycles. The Bertz CT molecular complexity index is 898. The third kappa shape index (κ3) is 3.52. The fraction of sp³-hybridized carbons (Fsp3) is 0.263. The van der Waals surface area contributed by atoms with Gasteiger partial charge in [-0.25, -0.2) is 4.52 Å². The van der Waals surface area contributed by atoms with E-state index >= 15 is 0 Å². The molecule has 130 valence electrons. The summed E-state index contributed by atoms with van der Waals surface area (Å²) in [7, 11) is 0. The van der Waals surface area contributed by atoms with Gasteiger partial charge in [-0.05, 0) is 36.9 Å². The number of carbonyl (C=O) groups is 1. The van der Waals surface area contributed by atoms with Gasteiger partial charge in [0, 0.05) is 12.1 Å². The van der Waals surface area contributed by atoms with Gasteiger partial charge in [0.15, 0.2) is 0 Å². The van der Waals surface area contributed by atoms with Crippen molar-refractivity contribution >= 4 is 23.0 Å². The molecule has 25 heavy (non-hydrogen) atoms. The van der Waals surface area contributed by atoms with Gasteiger partial charge in [0.25, 0.3) is 5.91 Å². The normalized spacial score (nSPS) is 11.4. The summed E-state index contributed by atoms with van der Waals surface area (Å²) in [6.07, 6.45) is 0. The number of carbonyl (C=O) groups excluding carboxylic acids is 1. The fourth-order valence-corrected chi connectivity index (χ4v) is 3.11. The average Bonchev–Trinajstić information content (AvgIpc) is 2.96. The molecule has 0 bridgehead atoms. The average molecular weight is 357 g/mol. The van der Waals surface area contributed by atoms with Crippen molar-refractivity contribution < 1.29 is 4.79 Å². The van der Waals surface area contributed by atoms with Crippen LogP contribution in [0.25, 0.3) is 16.8 Å². The van der Waals surface area contributed by atoms with Crippen LogP contribution < -0.4 is 5.73 Å². The first-order chi connectivity index (χ1) is 12.0. The summed E-state index contributed by atoms with van der Waals surface area (Å²) >= 11 is 6.14. The van der Waals surface area contributed by atoms with Crippen molar-refractivity contribution in [3.8, 4) is 11.3 Å². The lowest BCUT2D eigenvalue weighted by atomic mass is 10.1. The maximum atomic E-state index is 11.6. The molecule has 2 N–H and O–H groups in total. The van der Waals surface area contributed by atoms with E-state index in [1.165, 1.54) is 10.1 Å². The molecule has 3 aromatic rings. The predicted molar refractivity (Wildman–Crippen MR) is 101 cm³/mol. The van der Waals surface area contributed by atoms with Gasteiger partial charge in [0.1, 0.15) is 5.69 Å². The smallest absolute Gasteiger partial charge is 0.267 e. The summed E-state index contributed by atoms with van der Waals surface area (Å²) in [5, 5.41) is 4.99. The highest BCUT2D eigenvalue weighted by atomic mass is 35.5. The lowest BCUT2D eigenvalue weighted by Gasteiger charge is -2.18. The molecule has 0 fully saturated rings. The second kappa shape index (κ2) is 7.25. The number of amides is 1. The highest BCUT2D eigenvalue weighted by molar-refractivity contribution is 6.34. The van der Waals surface area contributed by atoms with Crippen LogP contribution in [0.5, 0.6) is 0 Å². The summed E-state index contributed by atoms with van der Waals surface area (Å²) in [4.78, 5) is 13.9. The van der Waals surface area contributed by atoms with E-state index < -0.39 is 5.91 Å². The highest BCUT2D eigenvalue weighted by Crippen LogP contribution is 2.25. The van der Waals surface area contributed by atoms with E-state index in [-0.39, 0.29) is 5.69 Å². The summed E-state index contributed by atoms with van der Waals surface area (Å²) in [6.45, 7) is 7.31. The van der Waals surface area contributed by atoms with Crippen molar-refractivity contribution in [1.82, 2.24) is 14.5 Å². The Morgan fingerprint density at radius 2 is 1.84 bits per heavy atom. The Kier molecular flexibility index (Phi) is 5.06. The van der Waals surface area contributed by atoms with Crippen LogP contribution in [0.15, 0.2) is 42.5 Å². The van der Waals surface area contributed by atoms with Gasteiger partial charge in [0.2, 0.25) is 0 Å². The van der Waals surface area contributed by atoms with E-state index in [1.807, 2.05) is 24.3 Å². The van der Waals surface area contributed by atoms with Crippen molar-refractivity contribution in [2.75, 3.05) is 13.1 Å². The number of fused-ring (bicyclic) bond motifs is 1. The standard InChI is InChI=1S/C19H21ClN4O/c1-3-23(4-2)12-13-5-7-14(8-6-13)16-9-10-17-15(20)11-18(19(21)25)24(17)22-16/h5-11H,3-4,12H2,1-2H3,(H2,21,25). The van der Waals surface area contributed by atoms with E-state index in [4.69, 9.17) is 17.3 Å². The first kappa shape index (κ1) is 17.5. The second-order valence-corrected chi connectivity index (χ2v) is 6.32. The summed E-state index contributed by atoms with van der Waals surface area (Å²) in [5.41, 5.74) is 9.35. The van der Waals surface area contributed by atoms with Crippen molar-refractivity contribution in [2.24, 2.45) is 5.73 Å². The van der Waals surface area contributed by atoms with Crippen LogP contribution in [0.1, 0.15) is 29.9 Å². The van der Waals surface area contributed by atoms with Crippen molar-refractivity contribution in [2.45, 2.75) is 20.4 Å². The lowest BCUT2D eigenvalue weighted by Crippen LogP contribution is -2.21. The van der Waals surface area contributed by atoms with Crippen molar-refractivity contribution in [3.63, 3.8) is 0 Å². The number of primary amides is 1. The van der Waals surface area contributed by atoms with Gasteiger partial charge in [-0.1, -0.05) is 49.7 Å². The lowest BCUT2D eigenvalue weighted by molar-refractivity contribution is 0.0994. The molecule has 0 saturated carbocycles. The zero-order valence-corrected chi connectivity index (χ0v) is 15.1. The number of hydrogen-bond donors (Lipinski definition) is 1. The van der Waals surface area contributed by atoms with Crippen molar-refractivity contribution in [1.29, 1.82) is 0 Å². The predicted octanol–water partition coefficient (Wildman–Crippen LogP) is 3.60. The summed E-state index contributed by atoms with van der Waals surface area (Å²) in [6, 6.07) is 13.6. The molecule has 3 rings (SSSR count). The Morgan fingerprint density at radius 1 is 1.16 bits per heavy atom. The van der Waals surface area contributed by atoms with E-state index in [0.717, 1.165) is 30.9 Å². The topological polar surface area (TPSA) is 63.6 Å². The number of benzene rings is 1. The quantitative estimate of drug-likeness (QED) is 0.734. The molecule has 0 radical (unpaired) electrons. The molecule has 6 heteroatoms. The summed E-state index contributed by atoms with van der Waals surface area (Å²) < 4.78 is 1.50. The molecule has 0 saturated heterocycles. The highest BCUT2D eigenvalue weighted by Gasteiger charge is 2.14. The Hall–Kier alpha value is -2.37. The van der Waals surface area contributed by atoms with Gasteiger partial charge in [0.05, 0.1) is 16.2 Å². The first-order valence-corrected chi connectivity index (χ1v) is 8.71. The number of halogens is 1. The maximum Gasteiger partial charge on any atom is 0.267 e. The van der Waals surface area contributed by atoms with Crippen LogP contribution in [-0.2, 0) is 6.54 Å². The molecule has 0 aliphatic heterocycles. The SMILES string of the molecule is CCN(CC)Cc1ccc(-c2ccc3c(Cl)cc(C(N)=O)n3n2)cc1. The third-order valence-corrected chi connectivity index (χ3v) is 4.68. The van der Waals surface area contributed by atoms with Crippen LogP contribution in [0.3, 0.4) is 0 Å². The molecule has 0 unspecified atom stereocenters. The number of hydrogen-bond acceptors (Lipinski definition) is 3.